The Morgan fingerprint density at radius 1 is 0.280 bits per heavy atom. The lowest BCUT2D eigenvalue weighted by Gasteiger charge is -2.30. The van der Waals surface area contributed by atoms with Gasteiger partial charge in [-0.2, -0.15) is 0 Å². The average molecular weight is 1040 g/mol. The summed E-state index contributed by atoms with van der Waals surface area (Å²) in [6.07, 6.45) is 2.07. The molecule has 0 saturated carbocycles. The van der Waals surface area contributed by atoms with Gasteiger partial charge in [-0.3, -0.25) is 4.40 Å². The van der Waals surface area contributed by atoms with Gasteiger partial charge in [0.25, 0.3) is 0 Å². The van der Waals surface area contributed by atoms with Gasteiger partial charge < -0.3 is 4.42 Å². The zero-order valence-corrected chi connectivity index (χ0v) is 44.2. The summed E-state index contributed by atoms with van der Waals surface area (Å²) in [5.41, 5.74) is 30.3. The van der Waals surface area contributed by atoms with Crippen molar-refractivity contribution in [2.45, 2.75) is 10.8 Å². The summed E-state index contributed by atoms with van der Waals surface area (Å²) in [5.74, 6) is 0.799. The number of pyridine rings is 1. The third kappa shape index (κ3) is 5.56. The molecule has 0 N–H and O–H groups in total. The van der Waals surface area contributed by atoms with Gasteiger partial charge in [-0.05, 0) is 165 Å². The molecule has 2 spiro atoms. The smallest absolute Gasteiger partial charge is 0.168 e. The molecule has 19 rings (SSSR count). The third-order valence-corrected chi connectivity index (χ3v) is 19.0. The van der Waals surface area contributed by atoms with Crippen molar-refractivity contribution in [3.05, 3.63) is 318 Å². The van der Waals surface area contributed by atoms with Crippen LogP contribution in [0.25, 0.3) is 128 Å². The highest BCUT2D eigenvalue weighted by Gasteiger charge is 2.53. The van der Waals surface area contributed by atoms with Gasteiger partial charge in [0.05, 0.1) is 10.8 Å². The van der Waals surface area contributed by atoms with Crippen LogP contribution in [0.4, 0.5) is 0 Å². The van der Waals surface area contributed by atoms with Crippen LogP contribution in [0.2, 0.25) is 0 Å². The fourth-order valence-corrected chi connectivity index (χ4v) is 15.6. The van der Waals surface area contributed by atoms with Gasteiger partial charge in [0.15, 0.2) is 11.5 Å². The Labute approximate surface area is 472 Å². The Kier molecular flexibility index (Phi) is 8.63. The molecule has 0 atom stereocenters. The van der Waals surface area contributed by atoms with E-state index in [0.29, 0.717) is 0 Å². The lowest BCUT2D eigenvalue weighted by Crippen LogP contribution is -2.25. The van der Waals surface area contributed by atoms with Gasteiger partial charge in [-0.25, -0.2) is 0 Å². The zero-order chi connectivity index (χ0) is 53.4. The highest BCUT2D eigenvalue weighted by molar-refractivity contribution is 6.13. The van der Waals surface area contributed by atoms with Gasteiger partial charge in [0.2, 0.25) is 0 Å². The first-order chi connectivity index (χ1) is 40.6. The molecule has 4 aliphatic rings. The maximum Gasteiger partial charge on any atom is 0.168 e. The van der Waals surface area contributed by atoms with E-state index < -0.39 is 10.8 Å². The number of fused-ring (bicyclic) bond motifs is 26. The van der Waals surface area contributed by atoms with Crippen molar-refractivity contribution in [3.63, 3.8) is 0 Å². The van der Waals surface area contributed by atoms with Crippen LogP contribution >= 0.6 is 0 Å². The zero-order valence-electron chi connectivity index (χ0n) is 44.2. The van der Waals surface area contributed by atoms with E-state index in [0.717, 1.165) is 77.6 Å². The molecule has 0 unspecified atom stereocenters. The maximum absolute atomic E-state index is 7.14. The monoisotopic (exact) mass is 1040 g/mol. The van der Waals surface area contributed by atoms with E-state index >= 15 is 0 Å². The Balaban J connectivity index is 0.815. The highest BCUT2D eigenvalue weighted by atomic mass is 16.3. The normalized spacial score (nSPS) is 14.0. The van der Waals surface area contributed by atoms with Crippen LogP contribution in [0.15, 0.2) is 278 Å². The number of rotatable bonds is 4. The minimum Gasteiger partial charge on any atom is -0.455 e. The molecule has 4 nitrogen and oxygen atoms in total. The van der Waals surface area contributed by atoms with Crippen LogP contribution in [0.5, 0.6) is 0 Å². The number of hydrogen-bond acceptors (Lipinski definition) is 3. The van der Waals surface area contributed by atoms with Crippen molar-refractivity contribution >= 4 is 38.4 Å². The Hall–Kier alpha value is -10.7. The van der Waals surface area contributed by atoms with Crippen molar-refractivity contribution in [2.75, 3.05) is 0 Å². The second kappa shape index (κ2) is 16.0. The van der Waals surface area contributed by atoms with Crippen LogP contribution in [0.3, 0.4) is 0 Å². The first-order valence-electron chi connectivity index (χ1n) is 28.4. The Morgan fingerprint density at radius 2 is 0.695 bits per heavy atom. The van der Waals surface area contributed by atoms with Crippen molar-refractivity contribution in [1.29, 1.82) is 0 Å². The lowest BCUT2D eigenvalue weighted by atomic mass is 9.70. The third-order valence-electron chi connectivity index (χ3n) is 19.0. The summed E-state index contributed by atoms with van der Waals surface area (Å²) in [4.78, 5) is 0. The molecule has 4 aliphatic carbocycles. The molecule has 82 heavy (non-hydrogen) atoms. The lowest BCUT2D eigenvalue weighted by molar-refractivity contribution is 0.670. The molecule has 0 bridgehead atoms. The van der Waals surface area contributed by atoms with Crippen LogP contribution in [0, 0.1) is 0 Å². The standard InChI is InChI=1S/C78H45N3O/c1-2-16-53-46(15-1)39-40-81-75(79-80-76(53)81)48-31-29-47(30-32-48)62-42-52(51-34-37-61-59-22-8-14-28-70(59)78(72(61)45-51)67-25-11-5-19-56(67)57-20-6-12-26-68(57)78)43-64-63-41-49(35-38-73(63)82-74(62)64)50-33-36-60-58-21-7-13-27-69(58)77(71(60)44-50)65-23-9-3-17-54(65)55-18-4-10-24-66(55)77/h1-45H. The minimum absolute atomic E-state index is 0.436. The van der Waals surface area contributed by atoms with Gasteiger partial charge in [-0.1, -0.05) is 224 Å². The summed E-state index contributed by atoms with van der Waals surface area (Å²) < 4.78 is 9.23. The van der Waals surface area contributed by atoms with Gasteiger partial charge >= 0.3 is 0 Å². The largest absolute Gasteiger partial charge is 0.455 e. The van der Waals surface area contributed by atoms with Crippen LogP contribution < -0.4 is 0 Å². The van der Waals surface area contributed by atoms with Crippen LogP contribution in [0.1, 0.15) is 44.5 Å². The average Bonchev–Trinajstić information content (AvgIpc) is 4.14. The molecule has 15 aromatic rings. The molecule has 0 radical (unpaired) electrons. The first-order valence-corrected chi connectivity index (χ1v) is 28.4. The molecule has 0 amide bonds. The topological polar surface area (TPSA) is 43.3 Å². The predicted octanol–water partition coefficient (Wildman–Crippen LogP) is 19.1. The highest BCUT2D eigenvalue weighted by Crippen LogP contribution is 2.65. The first kappa shape index (κ1) is 44.2. The van der Waals surface area contributed by atoms with E-state index in [1.54, 1.807) is 0 Å². The molecular formula is C78H45N3O. The van der Waals surface area contributed by atoms with Crippen molar-refractivity contribution in [3.8, 4) is 89.3 Å². The van der Waals surface area contributed by atoms with Gasteiger partial charge in [-0.15, -0.1) is 10.2 Å². The molecule has 0 saturated heterocycles. The molecule has 0 fully saturated rings. The van der Waals surface area contributed by atoms with E-state index in [1.165, 1.54) is 94.6 Å². The second-order valence-electron chi connectivity index (χ2n) is 22.7. The SMILES string of the molecule is c1ccc2c(c1)-c1ccccc1C21c2ccccc2-c2ccc(-c3ccc4oc5c(-c6ccc(-c7nnc8c9ccccc9ccn78)cc6)cc(-c6ccc7c(c6)C6(c8ccccc8-c8ccccc86)c6ccccc6-7)cc5c4c3)cc21. The number of nitrogens with zero attached hydrogens (tertiary/aromatic N) is 3. The Morgan fingerprint density at radius 3 is 1.23 bits per heavy atom. The van der Waals surface area contributed by atoms with E-state index in [9.17, 15) is 0 Å². The molecule has 3 aromatic heterocycles. The van der Waals surface area contributed by atoms with Gasteiger partial charge in [0.1, 0.15) is 11.2 Å². The van der Waals surface area contributed by atoms with E-state index in [1.807, 2.05) is 0 Å². The number of furan rings is 1. The molecular weight excluding hydrogens is 995 g/mol. The van der Waals surface area contributed by atoms with E-state index in [4.69, 9.17) is 14.6 Å². The molecule has 3 heterocycles. The summed E-state index contributed by atoms with van der Waals surface area (Å²) in [6.45, 7) is 0. The van der Waals surface area contributed by atoms with Crippen LogP contribution in [-0.4, -0.2) is 14.6 Å². The van der Waals surface area contributed by atoms with Crippen molar-refractivity contribution in [1.82, 2.24) is 14.6 Å². The molecule has 12 aromatic carbocycles. The molecule has 4 heteroatoms. The van der Waals surface area contributed by atoms with Crippen LogP contribution in [-0.2, 0) is 10.8 Å². The fourth-order valence-electron chi connectivity index (χ4n) is 15.6. The summed E-state index contributed by atoms with van der Waals surface area (Å²) in [7, 11) is 0. The maximum atomic E-state index is 7.14. The predicted molar refractivity (Wildman–Crippen MR) is 332 cm³/mol. The second-order valence-corrected chi connectivity index (χ2v) is 22.7. The minimum atomic E-state index is -0.467. The van der Waals surface area contributed by atoms with E-state index in [-0.39, 0.29) is 0 Å². The van der Waals surface area contributed by atoms with Crippen molar-refractivity contribution in [2.24, 2.45) is 0 Å². The quantitative estimate of drug-likeness (QED) is 0.176. The molecule has 378 valence electrons. The van der Waals surface area contributed by atoms with Gasteiger partial charge in [0, 0.05) is 33.5 Å². The van der Waals surface area contributed by atoms with E-state index in [2.05, 4.69) is 278 Å². The summed E-state index contributed by atoms with van der Waals surface area (Å²) in [5, 5.41) is 13.8. The molecule has 0 aliphatic heterocycles. The number of hydrogen-bond donors (Lipinski definition) is 0. The summed E-state index contributed by atoms with van der Waals surface area (Å²) in [6, 6.07) is 99.4. The number of benzene rings is 12. The number of aromatic nitrogens is 3. The summed E-state index contributed by atoms with van der Waals surface area (Å²) >= 11 is 0. The fraction of sp³-hybridized carbons (Fsp3) is 0.0256. The Bertz CT molecular complexity index is 5180. The van der Waals surface area contributed by atoms with Crippen molar-refractivity contribution < 1.29 is 4.42 Å².